The summed E-state index contributed by atoms with van der Waals surface area (Å²) in [5.74, 6) is 1.55. The minimum absolute atomic E-state index is 0.768. The molecule has 2 aromatic rings. The average molecular weight is 227 g/mol. The number of aromatic nitrogens is 3. The van der Waals surface area contributed by atoms with E-state index in [1.807, 2.05) is 0 Å². The monoisotopic (exact) mass is 227 g/mol. The van der Waals surface area contributed by atoms with Gasteiger partial charge in [0.05, 0.1) is 0 Å². The molecular weight excluding hydrogens is 210 g/mol. The Morgan fingerprint density at radius 2 is 1.76 bits per heavy atom. The van der Waals surface area contributed by atoms with Crippen molar-refractivity contribution in [3.8, 4) is 11.4 Å². The zero-order chi connectivity index (χ0) is 11.5. The molecule has 0 amide bonds. The number of hydrogen-bond acceptors (Lipinski definition) is 2. The number of rotatable bonds is 2. The lowest BCUT2D eigenvalue weighted by atomic mass is 9.84. The second kappa shape index (κ2) is 4.70. The molecule has 1 fully saturated rings. The molecule has 0 radical (unpaired) electrons. The van der Waals surface area contributed by atoms with Crippen molar-refractivity contribution in [2.45, 2.75) is 38.0 Å². The lowest BCUT2D eigenvalue weighted by Gasteiger charge is -2.21. The minimum Gasteiger partial charge on any atom is -0.265 e. The molecule has 0 spiro atoms. The van der Waals surface area contributed by atoms with Gasteiger partial charge in [-0.2, -0.15) is 5.10 Å². The summed E-state index contributed by atoms with van der Waals surface area (Å²) in [6.45, 7) is 0. The first-order chi connectivity index (χ1) is 8.43. The summed E-state index contributed by atoms with van der Waals surface area (Å²) >= 11 is 0. The smallest absolute Gasteiger partial charge is 0.180 e. The number of H-pyrrole nitrogens is 1. The van der Waals surface area contributed by atoms with Gasteiger partial charge in [-0.15, -0.1) is 0 Å². The molecule has 0 unspecified atom stereocenters. The van der Waals surface area contributed by atoms with Crippen LogP contribution in [0.1, 0.15) is 43.6 Å². The maximum Gasteiger partial charge on any atom is 0.180 e. The SMILES string of the molecule is c1nc(-c2ccc(C3CCCCC3)cc2)n[nH]1. The van der Waals surface area contributed by atoms with E-state index in [-0.39, 0.29) is 0 Å². The van der Waals surface area contributed by atoms with Crippen LogP contribution in [0.5, 0.6) is 0 Å². The van der Waals surface area contributed by atoms with Crippen LogP contribution in [-0.2, 0) is 0 Å². The van der Waals surface area contributed by atoms with Crippen molar-refractivity contribution in [3.05, 3.63) is 36.2 Å². The third kappa shape index (κ3) is 2.23. The number of nitrogens with one attached hydrogen (secondary N) is 1. The Balaban J connectivity index is 1.80. The Kier molecular flexibility index (Phi) is 2.90. The molecule has 1 aliphatic carbocycles. The van der Waals surface area contributed by atoms with Crippen molar-refractivity contribution in [2.75, 3.05) is 0 Å². The highest BCUT2D eigenvalue weighted by Gasteiger charge is 2.15. The van der Waals surface area contributed by atoms with E-state index in [9.17, 15) is 0 Å². The van der Waals surface area contributed by atoms with E-state index in [0.29, 0.717) is 0 Å². The van der Waals surface area contributed by atoms with Gasteiger partial charge in [-0.25, -0.2) is 4.98 Å². The molecule has 3 heteroatoms. The molecule has 1 N–H and O–H groups in total. The lowest BCUT2D eigenvalue weighted by molar-refractivity contribution is 0.443. The largest absolute Gasteiger partial charge is 0.265 e. The normalized spacial score (nSPS) is 17.2. The highest BCUT2D eigenvalue weighted by atomic mass is 15.2. The number of hydrogen-bond donors (Lipinski definition) is 1. The lowest BCUT2D eigenvalue weighted by Crippen LogP contribution is -2.04. The van der Waals surface area contributed by atoms with Gasteiger partial charge in [-0.05, 0) is 24.3 Å². The first kappa shape index (κ1) is 10.5. The van der Waals surface area contributed by atoms with Crippen LogP contribution in [0.15, 0.2) is 30.6 Å². The Morgan fingerprint density at radius 3 is 2.41 bits per heavy atom. The molecule has 0 atom stereocenters. The van der Waals surface area contributed by atoms with E-state index in [4.69, 9.17) is 0 Å². The van der Waals surface area contributed by atoms with Crippen molar-refractivity contribution >= 4 is 0 Å². The summed E-state index contributed by atoms with van der Waals surface area (Å²) in [6, 6.07) is 8.74. The van der Waals surface area contributed by atoms with E-state index in [0.717, 1.165) is 17.3 Å². The maximum absolute atomic E-state index is 4.16. The van der Waals surface area contributed by atoms with Crippen molar-refractivity contribution in [3.63, 3.8) is 0 Å². The van der Waals surface area contributed by atoms with Crippen LogP contribution < -0.4 is 0 Å². The van der Waals surface area contributed by atoms with Gasteiger partial charge in [0.25, 0.3) is 0 Å². The molecule has 1 aromatic heterocycles. The fourth-order valence-corrected chi connectivity index (χ4v) is 2.69. The van der Waals surface area contributed by atoms with Gasteiger partial charge in [-0.3, -0.25) is 5.10 Å². The minimum atomic E-state index is 0.768. The number of benzene rings is 1. The summed E-state index contributed by atoms with van der Waals surface area (Å²) in [6.07, 6.45) is 8.48. The Morgan fingerprint density at radius 1 is 1.00 bits per heavy atom. The molecule has 1 aromatic carbocycles. The molecule has 0 bridgehead atoms. The first-order valence-corrected chi connectivity index (χ1v) is 6.39. The molecular formula is C14H17N3. The quantitative estimate of drug-likeness (QED) is 0.852. The molecule has 17 heavy (non-hydrogen) atoms. The molecule has 0 saturated heterocycles. The van der Waals surface area contributed by atoms with Gasteiger partial charge in [0.1, 0.15) is 6.33 Å². The summed E-state index contributed by atoms with van der Waals surface area (Å²) in [7, 11) is 0. The molecule has 1 saturated carbocycles. The predicted molar refractivity (Wildman–Crippen MR) is 67.6 cm³/mol. The van der Waals surface area contributed by atoms with Crippen LogP contribution in [0.4, 0.5) is 0 Å². The van der Waals surface area contributed by atoms with E-state index in [2.05, 4.69) is 39.4 Å². The highest BCUT2D eigenvalue weighted by molar-refractivity contribution is 5.54. The molecule has 0 aliphatic heterocycles. The van der Waals surface area contributed by atoms with Crippen LogP contribution in [-0.4, -0.2) is 15.2 Å². The van der Waals surface area contributed by atoms with E-state index >= 15 is 0 Å². The fraction of sp³-hybridized carbons (Fsp3) is 0.429. The Bertz CT molecular complexity index is 453. The van der Waals surface area contributed by atoms with Gasteiger partial charge in [0, 0.05) is 5.56 Å². The first-order valence-electron chi connectivity index (χ1n) is 6.39. The van der Waals surface area contributed by atoms with Crippen LogP contribution in [0.25, 0.3) is 11.4 Å². The van der Waals surface area contributed by atoms with Crippen LogP contribution in [0.2, 0.25) is 0 Å². The van der Waals surface area contributed by atoms with Crippen molar-refractivity contribution in [2.24, 2.45) is 0 Å². The predicted octanol–water partition coefficient (Wildman–Crippen LogP) is 3.52. The van der Waals surface area contributed by atoms with Crippen LogP contribution >= 0.6 is 0 Å². The highest BCUT2D eigenvalue weighted by Crippen LogP contribution is 2.33. The molecule has 1 heterocycles. The van der Waals surface area contributed by atoms with Crippen molar-refractivity contribution in [1.29, 1.82) is 0 Å². The van der Waals surface area contributed by atoms with Crippen LogP contribution in [0, 0.1) is 0 Å². The van der Waals surface area contributed by atoms with Crippen molar-refractivity contribution in [1.82, 2.24) is 15.2 Å². The van der Waals surface area contributed by atoms with E-state index < -0.39 is 0 Å². The summed E-state index contributed by atoms with van der Waals surface area (Å²) in [5.41, 5.74) is 2.56. The molecule has 88 valence electrons. The Labute approximate surface area is 101 Å². The van der Waals surface area contributed by atoms with Gasteiger partial charge < -0.3 is 0 Å². The third-order valence-electron chi connectivity index (χ3n) is 3.66. The zero-order valence-electron chi connectivity index (χ0n) is 9.89. The van der Waals surface area contributed by atoms with E-state index in [1.54, 1.807) is 6.33 Å². The maximum atomic E-state index is 4.16. The van der Waals surface area contributed by atoms with Gasteiger partial charge in [0.15, 0.2) is 5.82 Å². The van der Waals surface area contributed by atoms with Crippen LogP contribution in [0.3, 0.4) is 0 Å². The summed E-state index contributed by atoms with van der Waals surface area (Å²) < 4.78 is 0. The average Bonchev–Trinajstić information content (AvgIpc) is 2.94. The second-order valence-electron chi connectivity index (χ2n) is 4.78. The van der Waals surface area contributed by atoms with E-state index in [1.165, 1.54) is 37.7 Å². The van der Waals surface area contributed by atoms with Crippen molar-refractivity contribution < 1.29 is 0 Å². The molecule has 1 aliphatic rings. The fourth-order valence-electron chi connectivity index (χ4n) is 2.69. The van der Waals surface area contributed by atoms with Gasteiger partial charge in [-0.1, -0.05) is 43.5 Å². The second-order valence-corrected chi connectivity index (χ2v) is 4.78. The third-order valence-corrected chi connectivity index (χ3v) is 3.66. The molecule has 3 nitrogen and oxygen atoms in total. The van der Waals surface area contributed by atoms with Gasteiger partial charge in [0.2, 0.25) is 0 Å². The Hall–Kier alpha value is -1.64. The summed E-state index contributed by atoms with van der Waals surface area (Å²) in [5, 5.41) is 6.84. The summed E-state index contributed by atoms with van der Waals surface area (Å²) in [4.78, 5) is 4.16. The topological polar surface area (TPSA) is 41.6 Å². The number of nitrogens with zero attached hydrogens (tertiary/aromatic N) is 2. The standard InChI is InChI=1S/C14H17N3/c1-2-4-11(5-3-1)12-6-8-13(9-7-12)14-15-10-16-17-14/h6-11H,1-5H2,(H,15,16,17). The zero-order valence-corrected chi connectivity index (χ0v) is 9.89. The number of aromatic amines is 1. The van der Waals surface area contributed by atoms with Gasteiger partial charge >= 0.3 is 0 Å². The molecule has 3 rings (SSSR count).